The van der Waals surface area contributed by atoms with Gasteiger partial charge in [-0.25, -0.2) is 21.6 Å². The second kappa shape index (κ2) is 12.8. The number of hydrogen-bond acceptors (Lipinski definition) is 6. The SMILES string of the molecule is C=CS(=O)(=O)NCC1CCN(S(=O)(=O)c2ccc(C(=O)N(CC(=O)N(C)C)Cc3ccc(C(C)(C)C)cc3)cc2)C1. The average Bonchev–Trinajstić information content (AvgIpc) is 3.41. The molecule has 12 heteroatoms. The molecule has 1 atom stereocenters. The van der Waals surface area contributed by atoms with Gasteiger partial charge in [-0.1, -0.05) is 51.6 Å². The number of benzene rings is 2. The third-order valence-corrected chi connectivity index (χ3v) is 9.97. The van der Waals surface area contributed by atoms with Crippen LogP contribution in [-0.2, 0) is 36.8 Å². The second-order valence-corrected chi connectivity index (χ2v) is 15.1. The van der Waals surface area contributed by atoms with Crippen LogP contribution in [0.25, 0.3) is 0 Å². The minimum atomic E-state index is -3.84. The van der Waals surface area contributed by atoms with E-state index in [2.05, 4.69) is 32.1 Å². The Labute approximate surface area is 244 Å². The Morgan fingerprint density at radius 2 is 1.63 bits per heavy atom. The number of likely N-dealkylation sites (N-methyl/N-ethyl adjacent to an activating group) is 1. The van der Waals surface area contributed by atoms with Crippen molar-refractivity contribution in [1.82, 2.24) is 18.8 Å². The van der Waals surface area contributed by atoms with Gasteiger partial charge < -0.3 is 9.80 Å². The van der Waals surface area contributed by atoms with Crippen LogP contribution in [-0.4, -0.2) is 83.0 Å². The number of nitrogens with one attached hydrogen (secondary N) is 1. The quantitative estimate of drug-likeness (QED) is 0.421. The van der Waals surface area contributed by atoms with Gasteiger partial charge in [0.15, 0.2) is 0 Å². The fourth-order valence-corrected chi connectivity index (χ4v) is 6.53. The smallest absolute Gasteiger partial charge is 0.254 e. The van der Waals surface area contributed by atoms with E-state index in [0.29, 0.717) is 6.42 Å². The number of nitrogens with zero attached hydrogens (tertiary/aromatic N) is 3. The van der Waals surface area contributed by atoms with Crippen molar-refractivity contribution in [3.8, 4) is 0 Å². The Morgan fingerprint density at radius 1 is 1.02 bits per heavy atom. The standard InChI is InChI=1S/C29H40N4O6S2/c1-7-40(36,37)30-18-23-16-17-33(20-23)41(38,39)26-14-10-24(11-15-26)28(35)32(21-27(34)31(5)6)19-22-8-12-25(13-9-22)29(2,3)4/h7-15,23,30H,1,16-21H2,2-6H3. The molecule has 10 nitrogen and oxygen atoms in total. The zero-order valence-corrected chi connectivity index (χ0v) is 26.0. The summed E-state index contributed by atoms with van der Waals surface area (Å²) in [4.78, 5) is 29.0. The molecule has 1 fully saturated rings. The van der Waals surface area contributed by atoms with Gasteiger partial charge in [-0.3, -0.25) is 9.59 Å². The van der Waals surface area contributed by atoms with E-state index in [9.17, 15) is 26.4 Å². The highest BCUT2D eigenvalue weighted by atomic mass is 32.2. The van der Waals surface area contributed by atoms with Gasteiger partial charge in [0.25, 0.3) is 5.91 Å². The first-order valence-corrected chi connectivity index (χ1v) is 16.3. The maximum Gasteiger partial charge on any atom is 0.254 e. The number of sulfonamides is 2. The minimum Gasteiger partial charge on any atom is -0.347 e. The molecule has 0 aromatic heterocycles. The van der Waals surface area contributed by atoms with Gasteiger partial charge in [0, 0.05) is 51.2 Å². The summed E-state index contributed by atoms with van der Waals surface area (Å²) in [6.07, 6.45) is 0.515. The first-order valence-electron chi connectivity index (χ1n) is 13.3. The van der Waals surface area contributed by atoms with Crippen molar-refractivity contribution in [2.45, 2.75) is 44.0 Å². The Kier molecular flexibility index (Phi) is 10.2. The fraction of sp³-hybridized carbons (Fsp3) is 0.448. The van der Waals surface area contributed by atoms with Gasteiger partial charge in [0.1, 0.15) is 6.54 Å². The monoisotopic (exact) mass is 604 g/mol. The van der Waals surface area contributed by atoms with Crippen LogP contribution in [0.4, 0.5) is 0 Å². The summed E-state index contributed by atoms with van der Waals surface area (Å²) in [6.45, 7) is 10.3. The zero-order chi connectivity index (χ0) is 30.6. The predicted octanol–water partition coefficient (Wildman–Crippen LogP) is 2.79. The molecule has 0 radical (unpaired) electrons. The van der Waals surface area contributed by atoms with Crippen molar-refractivity contribution in [1.29, 1.82) is 0 Å². The van der Waals surface area contributed by atoms with Crippen LogP contribution in [0, 0.1) is 5.92 Å². The van der Waals surface area contributed by atoms with Gasteiger partial charge in [0.05, 0.1) is 4.90 Å². The van der Waals surface area contributed by atoms with E-state index in [1.165, 1.54) is 38.4 Å². The van der Waals surface area contributed by atoms with Crippen LogP contribution in [0.5, 0.6) is 0 Å². The third-order valence-electron chi connectivity index (χ3n) is 7.09. The Hall–Kier alpha value is -3.06. The topological polar surface area (TPSA) is 124 Å². The lowest BCUT2D eigenvalue weighted by atomic mass is 9.87. The normalized spacial score (nSPS) is 16.4. The van der Waals surface area contributed by atoms with E-state index >= 15 is 0 Å². The highest BCUT2D eigenvalue weighted by Gasteiger charge is 2.33. The third kappa shape index (κ3) is 8.48. The van der Waals surface area contributed by atoms with Crippen molar-refractivity contribution in [2.75, 3.05) is 40.3 Å². The summed E-state index contributed by atoms with van der Waals surface area (Å²) in [7, 11) is -4.17. The largest absolute Gasteiger partial charge is 0.347 e. The maximum absolute atomic E-state index is 13.5. The average molecular weight is 605 g/mol. The van der Waals surface area contributed by atoms with Crippen LogP contribution >= 0.6 is 0 Å². The summed E-state index contributed by atoms with van der Waals surface area (Å²) in [5.41, 5.74) is 2.27. The molecule has 1 saturated heterocycles. The summed E-state index contributed by atoms with van der Waals surface area (Å²) in [5.74, 6) is -0.789. The number of carbonyl (C=O) groups is 2. The minimum absolute atomic E-state index is 0.0178. The summed E-state index contributed by atoms with van der Waals surface area (Å²) in [6, 6.07) is 13.6. The van der Waals surface area contributed by atoms with Gasteiger partial charge >= 0.3 is 0 Å². The highest BCUT2D eigenvalue weighted by molar-refractivity contribution is 7.92. The molecule has 1 heterocycles. The molecule has 0 bridgehead atoms. The molecule has 224 valence electrons. The molecule has 0 saturated carbocycles. The molecule has 2 amide bonds. The number of rotatable bonds is 11. The van der Waals surface area contributed by atoms with E-state index in [4.69, 9.17) is 0 Å². The van der Waals surface area contributed by atoms with Crippen LogP contribution < -0.4 is 4.72 Å². The molecule has 3 rings (SSSR count). The van der Waals surface area contributed by atoms with Crippen LogP contribution in [0.3, 0.4) is 0 Å². The van der Waals surface area contributed by atoms with Crippen molar-refractivity contribution in [3.63, 3.8) is 0 Å². The molecule has 1 N–H and O–H groups in total. The molecule has 1 unspecified atom stereocenters. The fourth-order valence-electron chi connectivity index (χ4n) is 4.41. The first-order chi connectivity index (χ1) is 19.0. The Balaban J connectivity index is 1.75. The molecular weight excluding hydrogens is 564 g/mol. The van der Waals surface area contributed by atoms with Crippen molar-refractivity contribution in [3.05, 3.63) is 77.2 Å². The Morgan fingerprint density at radius 3 is 2.17 bits per heavy atom. The Bertz CT molecular complexity index is 1460. The summed E-state index contributed by atoms with van der Waals surface area (Å²) in [5, 5.41) is 0.819. The molecule has 0 aliphatic carbocycles. The molecule has 1 aliphatic rings. The van der Waals surface area contributed by atoms with E-state index in [1.807, 2.05) is 24.3 Å². The zero-order valence-electron chi connectivity index (χ0n) is 24.3. The maximum atomic E-state index is 13.5. The van der Waals surface area contributed by atoms with Crippen LogP contribution in [0.15, 0.2) is 65.4 Å². The molecule has 1 aliphatic heterocycles. The number of carbonyl (C=O) groups excluding carboxylic acids is 2. The summed E-state index contributed by atoms with van der Waals surface area (Å²) < 4.78 is 53.4. The van der Waals surface area contributed by atoms with Crippen molar-refractivity contribution >= 4 is 31.9 Å². The predicted molar refractivity (Wildman–Crippen MR) is 159 cm³/mol. The van der Waals surface area contributed by atoms with Crippen LogP contribution in [0.1, 0.15) is 48.7 Å². The molecular formula is C29H40N4O6S2. The summed E-state index contributed by atoms with van der Waals surface area (Å²) >= 11 is 0. The molecule has 2 aromatic rings. The van der Waals surface area contributed by atoms with Crippen molar-refractivity contribution in [2.24, 2.45) is 5.92 Å². The van der Waals surface area contributed by atoms with Gasteiger partial charge in [0.2, 0.25) is 26.0 Å². The van der Waals surface area contributed by atoms with E-state index in [1.54, 1.807) is 14.1 Å². The number of hydrogen-bond donors (Lipinski definition) is 1. The van der Waals surface area contributed by atoms with Gasteiger partial charge in [-0.15, -0.1) is 0 Å². The van der Waals surface area contributed by atoms with Crippen molar-refractivity contribution < 1.29 is 26.4 Å². The molecule has 2 aromatic carbocycles. The lowest BCUT2D eigenvalue weighted by Crippen LogP contribution is -2.40. The lowest BCUT2D eigenvalue weighted by molar-refractivity contribution is -0.129. The first kappa shape index (κ1) is 32.5. The van der Waals surface area contributed by atoms with Gasteiger partial charge in [-0.05, 0) is 53.1 Å². The van der Waals surface area contributed by atoms with E-state index in [-0.39, 0.29) is 66.3 Å². The second-order valence-electron chi connectivity index (χ2n) is 11.5. The number of amides is 2. The van der Waals surface area contributed by atoms with Crippen LogP contribution in [0.2, 0.25) is 0 Å². The van der Waals surface area contributed by atoms with E-state index in [0.717, 1.165) is 16.5 Å². The lowest BCUT2D eigenvalue weighted by Gasteiger charge is -2.25. The van der Waals surface area contributed by atoms with E-state index < -0.39 is 20.0 Å². The molecule has 0 spiro atoms. The molecule has 41 heavy (non-hydrogen) atoms. The highest BCUT2D eigenvalue weighted by Crippen LogP contribution is 2.26. The van der Waals surface area contributed by atoms with Gasteiger partial charge in [-0.2, -0.15) is 4.31 Å².